The molecule has 0 saturated carbocycles. The molecule has 0 radical (unpaired) electrons. The average Bonchev–Trinajstić information content (AvgIpc) is 3.00. The monoisotopic (exact) mass is 427 g/mol. The molecule has 0 fully saturated rings. The Bertz CT molecular complexity index is 592. The molecule has 5 nitrogen and oxygen atoms in total. The van der Waals surface area contributed by atoms with Crippen molar-refractivity contribution in [2.75, 3.05) is 13.1 Å². The SMILES string of the molecule is CCNC(=NCc1ccn(-c2ccccc2)n1)NCC(C)C.I. The fraction of sp³-hybridized carbons (Fsp3) is 0.412. The van der Waals surface area contributed by atoms with E-state index in [0.717, 1.165) is 30.4 Å². The minimum atomic E-state index is 0. The molecule has 0 aliphatic carbocycles. The number of nitrogens with zero attached hydrogens (tertiary/aromatic N) is 3. The van der Waals surface area contributed by atoms with Gasteiger partial charge in [0.15, 0.2) is 5.96 Å². The number of guanidine groups is 1. The van der Waals surface area contributed by atoms with Gasteiger partial charge in [0, 0.05) is 19.3 Å². The molecule has 126 valence electrons. The summed E-state index contributed by atoms with van der Waals surface area (Å²) >= 11 is 0. The molecule has 1 aromatic carbocycles. The highest BCUT2D eigenvalue weighted by Gasteiger charge is 2.02. The number of rotatable bonds is 6. The molecular weight excluding hydrogens is 401 g/mol. The van der Waals surface area contributed by atoms with Crippen molar-refractivity contribution >= 4 is 29.9 Å². The van der Waals surface area contributed by atoms with Crippen LogP contribution in [0.25, 0.3) is 5.69 Å². The van der Waals surface area contributed by atoms with E-state index in [1.165, 1.54) is 0 Å². The van der Waals surface area contributed by atoms with E-state index in [2.05, 4.69) is 41.5 Å². The summed E-state index contributed by atoms with van der Waals surface area (Å²) in [6, 6.07) is 12.1. The third-order valence-electron chi connectivity index (χ3n) is 3.09. The molecule has 1 aromatic heterocycles. The number of hydrogen-bond donors (Lipinski definition) is 2. The van der Waals surface area contributed by atoms with Gasteiger partial charge >= 0.3 is 0 Å². The van der Waals surface area contributed by atoms with Gasteiger partial charge in [0.1, 0.15) is 0 Å². The number of aliphatic imine (C=N–C) groups is 1. The van der Waals surface area contributed by atoms with Crippen LogP contribution >= 0.6 is 24.0 Å². The van der Waals surface area contributed by atoms with Gasteiger partial charge in [0.05, 0.1) is 17.9 Å². The molecule has 0 aliphatic rings. The van der Waals surface area contributed by atoms with Crippen LogP contribution in [0.4, 0.5) is 0 Å². The van der Waals surface area contributed by atoms with E-state index in [1.54, 1.807) is 0 Å². The number of benzene rings is 1. The predicted molar refractivity (Wildman–Crippen MR) is 107 cm³/mol. The average molecular weight is 427 g/mol. The van der Waals surface area contributed by atoms with E-state index < -0.39 is 0 Å². The molecule has 2 N–H and O–H groups in total. The van der Waals surface area contributed by atoms with Crippen LogP contribution < -0.4 is 10.6 Å². The highest BCUT2D eigenvalue weighted by Crippen LogP contribution is 2.07. The van der Waals surface area contributed by atoms with E-state index in [-0.39, 0.29) is 24.0 Å². The summed E-state index contributed by atoms with van der Waals surface area (Å²) in [6.07, 6.45) is 1.97. The lowest BCUT2D eigenvalue weighted by molar-refractivity contribution is 0.614. The quantitative estimate of drug-likeness (QED) is 0.423. The fourth-order valence-corrected chi connectivity index (χ4v) is 1.97. The number of hydrogen-bond acceptors (Lipinski definition) is 2. The first-order valence-corrected chi connectivity index (χ1v) is 7.81. The van der Waals surface area contributed by atoms with Crippen LogP contribution in [-0.4, -0.2) is 28.8 Å². The molecule has 1 heterocycles. The minimum Gasteiger partial charge on any atom is -0.357 e. The van der Waals surface area contributed by atoms with E-state index in [9.17, 15) is 0 Å². The highest BCUT2D eigenvalue weighted by atomic mass is 127. The van der Waals surface area contributed by atoms with Crippen molar-refractivity contribution < 1.29 is 0 Å². The van der Waals surface area contributed by atoms with Gasteiger partial charge in [-0.3, -0.25) is 0 Å². The van der Waals surface area contributed by atoms with Crippen molar-refractivity contribution in [2.24, 2.45) is 10.9 Å². The first-order chi connectivity index (χ1) is 10.7. The first kappa shape index (κ1) is 19.5. The Morgan fingerprint density at radius 3 is 2.57 bits per heavy atom. The Balaban J connectivity index is 0.00000264. The standard InChI is InChI=1S/C17H25N5.HI/c1-4-18-17(19-12-14(2)3)20-13-15-10-11-22(21-15)16-8-6-5-7-9-16;/h5-11,14H,4,12-13H2,1-3H3,(H2,18,19,20);1H. The van der Waals surface area contributed by atoms with E-state index in [0.29, 0.717) is 12.5 Å². The number of para-hydroxylation sites is 1. The molecular formula is C17H26IN5. The number of nitrogens with one attached hydrogen (secondary N) is 2. The van der Waals surface area contributed by atoms with Crippen LogP contribution in [0, 0.1) is 5.92 Å². The summed E-state index contributed by atoms with van der Waals surface area (Å²) in [5, 5.41) is 11.1. The van der Waals surface area contributed by atoms with Gasteiger partial charge in [-0.1, -0.05) is 32.0 Å². The summed E-state index contributed by atoms with van der Waals surface area (Å²) < 4.78 is 1.87. The number of halogens is 1. The van der Waals surface area contributed by atoms with Crippen molar-refractivity contribution in [3.63, 3.8) is 0 Å². The summed E-state index contributed by atoms with van der Waals surface area (Å²) in [4.78, 5) is 4.58. The second kappa shape index (κ2) is 10.3. The smallest absolute Gasteiger partial charge is 0.191 e. The molecule has 0 atom stereocenters. The largest absolute Gasteiger partial charge is 0.357 e. The molecule has 0 amide bonds. The van der Waals surface area contributed by atoms with Gasteiger partial charge in [-0.15, -0.1) is 24.0 Å². The third kappa shape index (κ3) is 6.60. The van der Waals surface area contributed by atoms with Crippen molar-refractivity contribution in [1.82, 2.24) is 20.4 Å². The van der Waals surface area contributed by atoms with Crippen LogP contribution in [0.3, 0.4) is 0 Å². The Morgan fingerprint density at radius 1 is 1.17 bits per heavy atom. The molecule has 0 unspecified atom stereocenters. The normalized spacial score (nSPS) is 11.2. The van der Waals surface area contributed by atoms with Crippen LogP contribution in [-0.2, 0) is 6.54 Å². The molecule has 0 aliphatic heterocycles. The summed E-state index contributed by atoms with van der Waals surface area (Å²) in [7, 11) is 0. The first-order valence-electron chi connectivity index (χ1n) is 7.81. The van der Waals surface area contributed by atoms with Crippen molar-refractivity contribution in [2.45, 2.75) is 27.3 Å². The topological polar surface area (TPSA) is 54.2 Å². The molecule has 2 aromatic rings. The Kier molecular flexibility index (Phi) is 8.68. The maximum absolute atomic E-state index is 4.58. The lowest BCUT2D eigenvalue weighted by Crippen LogP contribution is -2.39. The molecule has 0 saturated heterocycles. The Morgan fingerprint density at radius 2 is 1.91 bits per heavy atom. The van der Waals surface area contributed by atoms with Gasteiger partial charge in [-0.05, 0) is 31.0 Å². The fourth-order valence-electron chi connectivity index (χ4n) is 1.97. The summed E-state index contributed by atoms with van der Waals surface area (Å²) in [5.41, 5.74) is 2.01. The number of aromatic nitrogens is 2. The van der Waals surface area contributed by atoms with Gasteiger partial charge < -0.3 is 10.6 Å². The van der Waals surface area contributed by atoms with E-state index in [1.807, 2.05) is 47.3 Å². The zero-order valence-electron chi connectivity index (χ0n) is 14.0. The lowest BCUT2D eigenvalue weighted by Gasteiger charge is -2.12. The van der Waals surface area contributed by atoms with Crippen molar-refractivity contribution in [3.05, 3.63) is 48.3 Å². The van der Waals surface area contributed by atoms with Crippen LogP contribution in [0.15, 0.2) is 47.6 Å². The highest BCUT2D eigenvalue weighted by molar-refractivity contribution is 14.0. The zero-order chi connectivity index (χ0) is 15.8. The molecule has 0 bridgehead atoms. The lowest BCUT2D eigenvalue weighted by atomic mass is 10.2. The Hall–Kier alpha value is -1.57. The molecule has 0 spiro atoms. The third-order valence-corrected chi connectivity index (χ3v) is 3.09. The maximum Gasteiger partial charge on any atom is 0.191 e. The van der Waals surface area contributed by atoms with Crippen molar-refractivity contribution in [1.29, 1.82) is 0 Å². The van der Waals surface area contributed by atoms with Gasteiger partial charge in [-0.25, -0.2) is 9.67 Å². The van der Waals surface area contributed by atoms with Crippen molar-refractivity contribution in [3.8, 4) is 5.69 Å². The summed E-state index contributed by atoms with van der Waals surface area (Å²) in [5.74, 6) is 1.42. The maximum atomic E-state index is 4.58. The second-order valence-electron chi connectivity index (χ2n) is 5.56. The summed E-state index contributed by atoms with van der Waals surface area (Å²) in [6.45, 7) is 8.74. The minimum absolute atomic E-state index is 0. The van der Waals surface area contributed by atoms with Crippen LogP contribution in [0.2, 0.25) is 0 Å². The van der Waals surface area contributed by atoms with Crippen LogP contribution in [0.5, 0.6) is 0 Å². The Labute approximate surface area is 155 Å². The van der Waals surface area contributed by atoms with Gasteiger partial charge in [0.25, 0.3) is 0 Å². The molecule has 2 rings (SSSR count). The van der Waals surface area contributed by atoms with E-state index in [4.69, 9.17) is 0 Å². The second-order valence-corrected chi connectivity index (χ2v) is 5.56. The predicted octanol–water partition coefficient (Wildman–Crippen LogP) is 3.20. The van der Waals surface area contributed by atoms with Gasteiger partial charge in [0.2, 0.25) is 0 Å². The van der Waals surface area contributed by atoms with Crippen LogP contribution in [0.1, 0.15) is 26.5 Å². The van der Waals surface area contributed by atoms with Gasteiger partial charge in [-0.2, -0.15) is 5.10 Å². The zero-order valence-corrected chi connectivity index (χ0v) is 16.3. The molecule has 23 heavy (non-hydrogen) atoms. The van der Waals surface area contributed by atoms with E-state index >= 15 is 0 Å². The molecule has 6 heteroatoms.